The number of nitrogens with one attached hydrogen (secondary N) is 1. The zero-order chi connectivity index (χ0) is 13.8. The highest BCUT2D eigenvalue weighted by Gasteiger charge is 2.23. The summed E-state index contributed by atoms with van der Waals surface area (Å²) in [6, 6.07) is 13.4. The van der Waals surface area contributed by atoms with Gasteiger partial charge in [-0.3, -0.25) is 9.88 Å². The lowest BCUT2D eigenvalue weighted by Crippen LogP contribution is -2.45. The Morgan fingerprint density at radius 1 is 1.19 bits per heavy atom. The van der Waals surface area contributed by atoms with Crippen molar-refractivity contribution in [2.75, 3.05) is 19.6 Å². The number of hydrogen-bond acceptors (Lipinski definition) is 3. The molecule has 112 valence electrons. The largest absolute Gasteiger partial charge is 0.314 e. The average Bonchev–Trinajstić information content (AvgIpc) is 2.51. The fourth-order valence-electron chi connectivity index (χ4n) is 2.86. The van der Waals surface area contributed by atoms with E-state index in [9.17, 15) is 0 Å². The van der Waals surface area contributed by atoms with Gasteiger partial charge in [0.15, 0.2) is 0 Å². The first-order chi connectivity index (χ1) is 9.84. The van der Waals surface area contributed by atoms with Gasteiger partial charge in [-0.1, -0.05) is 24.3 Å². The summed E-state index contributed by atoms with van der Waals surface area (Å²) in [5, 5.41) is 3.50. The van der Waals surface area contributed by atoms with Crippen LogP contribution in [-0.2, 0) is 6.54 Å². The number of aryl methyl sites for hydroxylation is 1. The number of rotatable bonds is 3. The standard InChI is InChI=1S/C17H21N3.ClH/c1-14-4-2-3-5-16(14)13-20-11-10-19-12-17(20)15-6-8-18-9-7-15;/h2-9,17,19H,10-13H2,1H3;1H. The van der Waals surface area contributed by atoms with Crippen molar-refractivity contribution in [1.82, 2.24) is 15.2 Å². The summed E-state index contributed by atoms with van der Waals surface area (Å²) >= 11 is 0. The van der Waals surface area contributed by atoms with Crippen LogP contribution in [0.15, 0.2) is 48.8 Å². The quantitative estimate of drug-likeness (QED) is 0.945. The Kier molecular flexibility index (Phi) is 5.74. The Labute approximate surface area is 132 Å². The van der Waals surface area contributed by atoms with Gasteiger partial charge in [-0.25, -0.2) is 0 Å². The maximum absolute atomic E-state index is 4.12. The van der Waals surface area contributed by atoms with E-state index in [-0.39, 0.29) is 12.4 Å². The molecule has 2 heterocycles. The van der Waals surface area contributed by atoms with Crippen LogP contribution in [0.3, 0.4) is 0 Å². The molecule has 1 aromatic heterocycles. The molecule has 1 fully saturated rings. The Bertz CT molecular complexity index is 559. The molecule has 1 aliphatic heterocycles. The minimum atomic E-state index is 0. The fraction of sp³-hybridized carbons (Fsp3) is 0.353. The summed E-state index contributed by atoms with van der Waals surface area (Å²) in [6.45, 7) is 6.37. The van der Waals surface area contributed by atoms with Gasteiger partial charge in [0.1, 0.15) is 0 Å². The lowest BCUT2D eigenvalue weighted by molar-refractivity contribution is 0.153. The van der Waals surface area contributed by atoms with Crippen LogP contribution in [0.5, 0.6) is 0 Å². The van der Waals surface area contributed by atoms with Gasteiger partial charge in [-0.2, -0.15) is 0 Å². The second-order valence-electron chi connectivity index (χ2n) is 5.40. The van der Waals surface area contributed by atoms with Gasteiger partial charge in [0, 0.05) is 44.6 Å². The predicted molar refractivity (Wildman–Crippen MR) is 88.7 cm³/mol. The van der Waals surface area contributed by atoms with Crippen LogP contribution in [0.25, 0.3) is 0 Å². The molecule has 4 heteroatoms. The lowest BCUT2D eigenvalue weighted by Gasteiger charge is -2.36. The van der Waals surface area contributed by atoms with Crippen molar-refractivity contribution < 1.29 is 0 Å². The van der Waals surface area contributed by atoms with E-state index in [1.54, 1.807) is 0 Å². The van der Waals surface area contributed by atoms with Crippen LogP contribution in [0.4, 0.5) is 0 Å². The first-order valence-corrected chi connectivity index (χ1v) is 7.24. The molecule has 0 bridgehead atoms. The van der Waals surface area contributed by atoms with Crippen LogP contribution in [-0.4, -0.2) is 29.5 Å². The number of benzene rings is 1. The summed E-state index contributed by atoms with van der Waals surface area (Å²) in [6.07, 6.45) is 3.77. The Hall–Kier alpha value is -1.42. The number of piperazine rings is 1. The van der Waals surface area contributed by atoms with Crippen LogP contribution >= 0.6 is 12.4 Å². The van der Waals surface area contributed by atoms with Crippen molar-refractivity contribution in [2.24, 2.45) is 0 Å². The minimum absolute atomic E-state index is 0. The monoisotopic (exact) mass is 303 g/mol. The first kappa shape index (κ1) is 16.0. The molecule has 1 aliphatic rings. The third-order valence-electron chi connectivity index (χ3n) is 4.08. The van der Waals surface area contributed by atoms with Gasteiger partial charge in [-0.05, 0) is 35.7 Å². The second kappa shape index (κ2) is 7.55. The molecule has 0 radical (unpaired) electrons. The molecule has 21 heavy (non-hydrogen) atoms. The molecule has 2 aromatic rings. The average molecular weight is 304 g/mol. The van der Waals surface area contributed by atoms with Crippen LogP contribution in [0, 0.1) is 6.92 Å². The Balaban J connectivity index is 0.00000161. The van der Waals surface area contributed by atoms with Crippen molar-refractivity contribution in [3.63, 3.8) is 0 Å². The SMILES string of the molecule is Cc1ccccc1CN1CCNCC1c1ccncc1.Cl. The molecule has 1 saturated heterocycles. The Morgan fingerprint density at radius 2 is 1.95 bits per heavy atom. The first-order valence-electron chi connectivity index (χ1n) is 7.24. The van der Waals surface area contributed by atoms with Gasteiger partial charge in [0.05, 0.1) is 0 Å². The summed E-state index contributed by atoms with van der Waals surface area (Å²) in [5.41, 5.74) is 4.15. The molecule has 1 atom stereocenters. The summed E-state index contributed by atoms with van der Waals surface area (Å²) in [5.74, 6) is 0. The smallest absolute Gasteiger partial charge is 0.0477 e. The van der Waals surface area contributed by atoms with Gasteiger partial charge in [0.25, 0.3) is 0 Å². The van der Waals surface area contributed by atoms with E-state index >= 15 is 0 Å². The number of halogens is 1. The van der Waals surface area contributed by atoms with E-state index in [2.05, 4.69) is 58.5 Å². The van der Waals surface area contributed by atoms with Gasteiger partial charge < -0.3 is 5.32 Å². The van der Waals surface area contributed by atoms with E-state index in [0.29, 0.717) is 6.04 Å². The van der Waals surface area contributed by atoms with E-state index in [0.717, 1.165) is 26.2 Å². The van der Waals surface area contributed by atoms with E-state index in [1.807, 2.05) is 12.4 Å². The minimum Gasteiger partial charge on any atom is -0.314 e. The maximum atomic E-state index is 4.12. The normalized spacial score (nSPS) is 19.0. The van der Waals surface area contributed by atoms with Crippen LogP contribution < -0.4 is 5.32 Å². The summed E-state index contributed by atoms with van der Waals surface area (Å²) in [4.78, 5) is 6.69. The van der Waals surface area contributed by atoms with Crippen molar-refractivity contribution in [1.29, 1.82) is 0 Å². The Morgan fingerprint density at radius 3 is 2.71 bits per heavy atom. The molecule has 3 rings (SSSR count). The fourth-order valence-corrected chi connectivity index (χ4v) is 2.86. The van der Waals surface area contributed by atoms with Crippen LogP contribution in [0.1, 0.15) is 22.7 Å². The molecule has 1 N–H and O–H groups in total. The van der Waals surface area contributed by atoms with Gasteiger partial charge in [0.2, 0.25) is 0 Å². The molecule has 0 saturated carbocycles. The van der Waals surface area contributed by atoms with Gasteiger partial charge in [-0.15, -0.1) is 12.4 Å². The zero-order valence-corrected chi connectivity index (χ0v) is 13.1. The van der Waals surface area contributed by atoms with Crippen molar-refractivity contribution in [3.05, 3.63) is 65.5 Å². The molecule has 1 unspecified atom stereocenters. The predicted octanol–water partition coefficient (Wildman–Crippen LogP) is 2.96. The lowest BCUT2D eigenvalue weighted by atomic mass is 10.0. The van der Waals surface area contributed by atoms with Crippen molar-refractivity contribution in [2.45, 2.75) is 19.5 Å². The van der Waals surface area contributed by atoms with Crippen LogP contribution in [0.2, 0.25) is 0 Å². The molecule has 0 spiro atoms. The third-order valence-corrected chi connectivity index (χ3v) is 4.08. The highest BCUT2D eigenvalue weighted by molar-refractivity contribution is 5.85. The third kappa shape index (κ3) is 3.82. The highest BCUT2D eigenvalue weighted by Crippen LogP contribution is 2.24. The molecule has 3 nitrogen and oxygen atoms in total. The molecule has 1 aromatic carbocycles. The molecular formula is C17H22ClN3. The number of pyridine rings is 1. The summed E-state index contributed by atoms with van der Waals surface area (Å²) < 4.78 is 0. The summed E-state index contributed by atoms with van der Waals surface area (Å²) in [7, 11) is 0. The maximum Gasteiger partial charge on any atom is 0.0477 e. The second-order valence-corrected chi connectivity index (χ2v) is 5.40. The number of hydrogen-bond donors (Lipinski definition) is 1. The van der Waals surface area contributed by atoms with E-state index < -0.39 is 0 Å². The number of aromatic nitrogens is 1. The molecule has 0 amide bonds. The highest BCUT2D eigenvalue weighted by atomic mass is 35.5. The zero-order valence-electron chi connectivity index (χ0n) is 12.3. The van der Waals surface area contributed by atoms with Gasteiger partial charge >= 0.3 is 0 Å². The topological polar surface area (TPSA) is 28.2 Å². The molecule has 0 aliphatic carbocycles. The van der Waals surface area contributed by atoms with E-state index in [4.69, 9.17) is 0 Å². The van der Waals surface area contributed by atoms with E-state index in [1.165, 1.54) is 16.7 Å². The molecular weight excluding hydrogens is 282 g/mol. The van der Waals surface area contributed by atoms with Crippen molar-refractivity contribution >= 4 is 12.4 Å². The number of nitrogens with zero attached hydrogens (tertiary/aromatic N) is 2. The van der Waals surface area contributed by atoms with Crippen molar-refractivity contribution in [3.8, 4) is 0 Å².